The minimum absolute atomic E-state index is 0.119. The fraction of sp³-hybridized carbons (Fsp3) is 0.533. The van der Waals surface area contributed by atoms with Gasteiger partial charge in [0.1, 0.15) is 5.75 Å². The Labute approximate surface area is 109 Å². The van der Waals surface area contributed by atoms with Crippen molar-refractivity contribution in [2.75, 3.05) is 7.11 Å². The summed E-state index contributed by atoms with van der Waals surface area (Å²) in [7, 11) is 1.61. The Morgan fingerprint density at radius 1 is 1.50 bits per heavy atom. The molecule has 1 saturated carbocycles. The molecule has 1 N–H and O–H groups in total. The van der Waals surface area contributed by atoms with Crippen LogP contribution in [0.2, 0.25) is 0 Å². The van der Waals surface area contributed by atoms with Crippen molar-refractivity contribution in [2.45, 2.75) is 45.2 Å². The molecule has 0 heterocycles. The normalized spacial score (nSPS) is 16.4. The van der Waals surface area contributed by atoms with E-state index in [1.54, 1.807) is 7.11 Å². The summed E-state index contributed by atoms with van der Waals surface area (Å²) in [5.41, 5.74) is 1.86. The summed E-state index contributed by atoms with van der Waals surface area (Å²) in [6, 6.07) is 6.24. The molecular weight excluding hydrogens is 226 g/mol. The second kappa shape index (κ2) is 5.53. The number of Topliss-reactive ketones (excluding diaryl/α,β-unsaturated/α-hetero) is 1. The quantitative estimate of drug-likeness (QED) is 0.785. The molecule has 3 nitrogen and oxygen atoms in total. The zero-order chi connectivity index (χ0) is 13.1. The highest BCUT2D eigenvalue weighted by atomic mass is 16.5. The summed E-state index contributed by atoms with van der Waals surface area (Å²) >= 11 is 0. The number of benzene rings is 1. The molecule has 1 aliphatic rings. The predicted octanol–water partition coefficient (Wildman–Crippen LogP) is 2.58. The van der Waals surface area contributed by atoms with E-state index in [2.05, 4.69) is 12.2 Å². The van der Waals surface area contributed by atoms with Crippen LogP contribution >= 0.6 is 0 Å². The Hall–Kier alpha value is -1.35. The molecule has 0 aliphatic heterocycles. The van der Waals surface area contributed by atoms with Gasteiger partial charge in [0.15, 0.2) is 5.78 Å². The molecule has 18 heavy (non-hydrogen) atoms. The molecule has 1 fully saturated rings. The Kier molecular flexibility index (Phi) is 4.02. The van der Waals surface area contributed by atoms with Crippen molar-refractivity contribution in [1.29, 1.82) is 0 Å². The van der Waals surface area contributed by atoms with Gasteiger partial charge in [-0.05, 0) is 43.9 Å². The first-order valence-electron chi connectivity index (χ1n) is 6.63. The number of ketones is 1. The summed E-state index contributed by atoms with van der Waals surface area (Å²) in [5.74, 6) is 0.788. The molecule has 0 aromatic heterocycles. The molecule has 3 heteroatoms. The third-order valence-electron chi connectivity index (χ3n) is 3.39. The zero-order valence-corrected chi connectivity index (χ0v) is 11.3. The highest BCUT2D eigenvalue weighted by molar-refractivity contribution is 6.02. The smallest absolute Gasteiger partial charge is 0.183 e. The van der Waals surface area contributed by atoms with Gasteiger partial charge in [-0.15, -0.1) is 0 Å². The number of methoxy groups -OCH3 is 1. The average molecular weight is 247 g/mol. The second-order valence-corrected chi connectivity index (χ2v) is 4.92. The van der Waals surface area contributed by atoms with Gasteiger partial charge in [0.05, 0.1) is 18.7 Å². The SMILES string of the molecule is CCc1ccc(OC)c(C(=O)C(C)NC2CC2)c1. The van der Waals surface area contributed by atoms with E-state index >= 15 is 0 Å². The standard InChI is InChI=1S/C15H21NO2/c1-4-11-5-8-14(18-3)13(9-11)15(17)10(2)16-12-6-7-12/h5,8-10,12,16H,4,6-7H2,1-3H3. The van der Waals surface area contributed by atoms with Gasteiger partial charge in [0, 0.05) is 6.04 Å². The van der Waals surface area contributed by atoms with Gasteiger partial charge in [-0.3, -0.25) is 4.79 Å². The first-order valence-corrected chi connectivity index (χ1v) is 6.63. The van der Waals surface area contributed by atoms with Crippen LogP contribution in [0, 0.1) is 0 Å². The number of hydrogen-bond donors (Lipinski definition) is 1. The molecule has 98 valence electrons. The molecule has 1 aromatic carbocycles. The summed E-state index contributed by atoms with van der Waals surface area (Å²) in [6.07, 6.45) is 3.29. The van der Waals surface area contributed by atoms with E-state index in [-0.39, 0.29) is 11.8 Å². The van der Waals surface area contributed by atoms with Gasteiger partial charge >= 0.3 is 0 Å². The van der Waals surface area contributed by atoms with Crippen molar-refractivity contribution >= 4 is 5.78 Å². The topological polar surface area (TPSA) is 38.3 Å². The van der Waals surface area contributed by atoms with Gasteiger partial charge in [-0.2, -0.15) is 0 Å². The van der Waals surface area contributed by atoms with Crippen LogP contribution < -0.4 is 10.1 Å². The van der Waals surface area contributed by atoms with Crippen LogP contribution in [0.1, 0.15) is 42.6 Å². The summed E-state index contributed by atoms with van der Waals surface area (Å²) in [6.45, 7) is 4.01. The van der Waals surface area contributed by atoms with E-state index in [0.717, 1.165) is 12.0 Å². The van der Waals surface area contributed by atoms with E-state index in [1.807, 2.05) is 25.1 Å². The molecule has 0 saturated heterocycles. The number of ether oxygens (including phenoxy) is 1. The molecule has 1 unspecified atom stereocenters. The predicted molar refractivity (Wildman–Crippen MR) is 72.3 cm³/mol. The van der Waals surface area contributed by atoms with E-state index < -0.39 is 0 Å². The third kappa shape index (κ3) is 2.91. The lowest BCUT2D eigenvalue weighted by atomic mass is 10.0. The molecule has 1 aromatic rings. The van der Waals surface area contributed by atoms with Crippen molar-refractivity contribution in [3.63, 3.8) is 0 Å². The number of carbonyl (C=O) groups excluding carboxylic acids is 1. The van der Waals surface area contributed by atoms with Crippen LogP contribution in [0.25, 0.3) is 0 Å². The number of hydrogen-bond acceptors (Lipinski definition) is 3. The summed E-state index contributed by atoms with van der Waals surface area (Å²) in [4.78, 5) is 12.4. The van der Waals surface area contributed by atoms with Crippen LogP contribution in [0.15, 0.2) is 18.2 Å². The maximum atomic E-state index is 12.4. The van der Waals surface area contributed by atoms with Crippen LogP contribution in [0.3, 0.4) is 0 Å². The van der Waals surface area contributed by atoms with Crippen LogP contribution in [0.5, 0.6) is 5.75 Å². The average Bonchev–Trinajstić information content (AvgIpc) is 3.20. The molecule has 0 spiro atoms. The van der Waals surface area contributed by atoms with Crippen LogP contribution in [-0.4, -0.2) is 25.0 Å². The lowest BCUT2D eigenvalue weighted by Gasteiger charge is -2.15. The summed E-state index contributed by atoms with van der Waals surface area (Å²) in [5, 5.41) is 3.34. The third-order valence-corrected chi connectivity index (χ3v) is 3.39. The molecule has 1 atom stereocenters. The van der Waals surface area contributed by atoms with Crippen LogP contribution in [-0.2, 0) is 6.42 Å². The van der Waals surface area contributed by atoms with Crippen molar-refractivity contribution in [2.24, 2.45) is 0 Å². The monoisotopic (exact) mass is 247 g/mol. The van der Waals surface area contributed by atoms with Gasteiger partial charge in [0.2, 0.25) is 0 Å². The first-order chi connectivity index (χ1) is 8.65. The Morgan fingerprint density at radius 2 is 2.22 bits per heavy atom. The molecule has 2 rings (SSSR count). The van der Waals surface area contributed by atoms with Gasteiger partial charge in [-0.1, -0.05) is 13.0 Å². The molecule has 0 radical (unpaired) electrons. The van der Waals surface area contributed by atoms with E-state index in [0.29, 0.717) is 17.4 Å². The number of carbonyl (C=O) groups is 1. The van der Waals surface area contributed by atoms with Gasteiger partial charge in [-0.25, -0.2) is 0 Å². The minimum atomic E-state index is -0.140. The van der Waals surface area contributed by atoms with E-state index in [9.17, 15) is 4.79 Å². The minimum Gasteiger partial charge on any atom is -0.496 e. The van der Waals surface area contributed by atoms with Crippen LogP contribution in [0.4, 0.5) is 0 Å². The fourth-order valence-electron chi connectivity index (χ4n) is 2.08. The van der Waals surface area contributed by atoms with Gasteiger partial charge in [0.25, 0.3) is 0 Å². The Morgan fingerprint density at radius 3 is 2.78 bits per heavy atom. The summed E-state index contributed by atoms with van der Waals surface area (Å²) < 4.78 is 5.29. The van der Waals surface area contributed by atoms with Gasteiger partial charge < -0.3 is 10.1 Å². The largest absolute Gasteiger partial charge is 0.496 e. The maximum absolute atomic E-state index is 12.4. The van der Waals surface area contributed by atoms with Crippen molar-refractivity contribution in [3.8, 4) is 5.75 Å². The Balaban J connectivity index is 2.20. The van der Waals surface area contributed by atoms with Crippen molar-refractivity contribution < 1.29 is 9.53 Å². The lowest BCUT2D eigenvalue weighted by molar-refractivity contribution is 0.0947. The van der Waals surface area contributed by atoms with Crippen molar-refractivity contribution in [3.05, 3.63) is 29.3 Å². The maximum Gasteiger partial charge on any atom is 0.183 e. The lowest BCUT2D eigenvalue weighted by Crippen LogP contribution is -2.35. The number of rotatable bonds is 6. The second-order valence-electron chi connectivity index (χ2n) is 4.92. The number of nitrogens with one attached hydrogen (secondary N) is 1. The number of aryl methyl sites for hydroxylation is 1. The molecule has 0 bridgehead atoms. The highest BCUT2D eigenvalue weighted by Gasteiger charge is 2.27. The molecule has 1 aliphatic carbocycles. The fourth-order valence-corrected chi connectivity index (χ4v) is 2.08. The zero-order valence-electron chi connectivity index (χ0n) is 11.3. The molecular formula is C15H21NO2. The van der Waals surface area contributed by atoms with E-state index in [4.69, 9.17) is 4.74 Å². The van der Waals surface area contributed by atoms with E-state index in [1.165, 1.54) is 12.8 Å². The first kappa shape index (κ1) is 13.1. The highest BCUT2D eigenvalue weighted by Crippen LogP contribution is 2.24. The van der Waals surface area contributed by atoms with Crippen molar-refractivity contribution in [1.82, 2.24) is 5.32 Å². The molecule has 0 amide bonds. The Bertz CT molecular complexity index is 438.